The normalized spacial score (nSPS) is 24.1. The number of morpholine rings is 1. The van der Waals surface area contributed by atoms with Gasteiger partial charge in [-0.05, 0) is 35.7 Å². The van der Waals surface area contributed by atoms with Crippen molar-refractivity contribution in [2.24, 2.45) is 5.73 Å². The molecule has 0 spiro atoms. The lowest BCUT2D eigenvalue weighted by atomic mass is 10.1. The van der Waals surface area contributed by atoms with Gasteiger partial charge in [0.15, 0.2) is 0 Å². The van der Waals surface area contributed by atoms with Crippen LogP contribution in [0.25, 0.3) is 0 Å². The molecule has 6 heteroatoms. The lowest BCUT2D eigenvalue weighted by molar-refractivity contribution is -0.146. The molecule has 2 N–H and O–H groups in total. The van der Waals surface area contributed by atoms with E-state index in [2.05, 4.69) is 11.4 Å². The van der Waals surface area contributed by atoms with Crippen LogP contribution in [-0.4, -0.2) is 36.0 Å². The van der Waals surface area contributed by atoms with Crippen molar-refractivity contribution < 1.29 is 9.53 Å². The van der Waals surface area contributed by atoms with E-state index in [9.17, 15) is 4.79 Å². The standard InChI is InChI=1S/C14H22N2O2S.ClH/c1-3-4-12(15)14(17)16-7-10(2)18-13(8-16)11-5-6-19-9-11;/h5-6,9-10,12-13H,3-4,7-8,15H2,1-2H3;1H. The van der Waals surface area contributed by atoms with Gasteiger partial charge in [0.2, 0.25) is 5.91 Å². The summed E-state index contributed by atoms with van der Waals surface area (Å²) in [6.07, 6.45) is 1.71. The number of halogens is 1. The quantitative estimate of drug-likeness (QED) is 0.928. The van der Waals surface area contributed by atoms with Crippen molar-refractivity contribution >= 4 is 29.7 Å². The monoisotopic (exact) mass is 318 g/mol. The van der Waals surface area contributed by atoms with Crippen LogP contribution >= 0.6 is 23.7 Å². The van der Waals surface area contributed by atoms with Gasteiger partial charge < -0.3 is 15.4 Å². The average molecular weight is 319 g/mol. The Kier molecular flexibility index (Phi) is 6.95. The minimum atomic E-state index is -0.376. The molecule has 20 heavy (non-hydrogen) atoms. The Labute approximate surface area is 130 Å². The third-order valence-electron chi connectivity index (χ3n) is 3.40. The Morgan fingerprint density at radius 2 is 2.35 bits per heavy atom. The number of amides is 1. The fourth-order valence-corrected chi connectivity index (χ4v) is 3.14. The number of hydrogen-bond donors (Lipinski definition) is 1. The van der Waals surface area contributed by atoms with Gasteiger partial charge in [0.1, 0.15) is 6.10 Å². The molecule has 1 aliphatic heterocycles. The van der Waals surface area contributed by atoms with Crippen LogP contribution in [-0.2, 0) is 9.53 Å². The van der Waals surface area contributed by atoms with Gasteiger partial charge in [-0.15, -0.1) is 12.4 Å². The molecule has 0 radical (unpaired) electrons. The molecule has 114 valence electrons. The first-order valence-corrected chi connectivity index (χ1v) is 7.78. The molecular weight excluding hydrogens is 296 g/mol. The Hall–Kier alpha value is -0.620. The highest BCUT2D eigenvalue weighted by Gasteiger charge is 2.31. The maximum absolute atomic E-state index is 12.3. The number of carbonyl (C=O) groups excluding carboxylic acids is 1. The SMILES string of the molecule is CCCC(N)C(=O)N1CC(C)OC(c2ccsc2)C1.Cl. The van der Waals surface area contributed by atoms with E-state index in [0.717, 1.165) is 18.4 Å². The maximum Gasteiger partial charge on any atom is 0.239 e. The second-order valence-corrected chi connectivity index (χ2v) is 5.91. The van der Waals surface area contributed by atoms with Crippen LogP contribution < -0.4 is 5.73 Å². The van der Waals surface area contributed by atoms with Gasteiger partial charge in [0.05, 0.1) is 18.7 Å². The molecule has 1 amide bonds. The van der Waals surface area contributed by atoms with Crippen LogP contribution in [0.15, 0.2) is 16.8 Å². The van der Waals surface area contributed by atoms with Gasteiger partial charge in [-0.25, -0.2) is 0 Å². The van der Waals surface area contributed by atoms with Gasteiger partial charge in [0.25, 0.3) is 0 Å². The Bertz CT molecular complexity index is 413. The summed E-state index contributed by atoms with van der Waals surface area (Å²) in [5.41, 5.74) is 7.09. The number of rotatable bonds is 4. The summed E-state index contributed by atoms with van der Waals surface area (Å²) in [5, 5.41) is 4.12. The number of ether oxygens (including phenoxy) is 1. The molecule has 1 fully saturated rings. The van der Waals surface area contributed by atoms with Crippen molar-refractivity contribution in [2.75, 3.05) is 13.1 Å². The molecule has 0 aromatic carbocycles. The van der Waals surface area contributed by atoms with E-state index in [0.29, 0.717) is 13.1 Å². The van der Waals surface area contributed by atoms with E-state index in [-0.39, 0.29) is 36.6 Å². The molecule has 3 atom stereocenters. The fourth-order valence-electron chi connectivity index (χ4n) is 2.44. The third kappa shape index (κ3) is 4.19. The molecule has 0 aliphatic carbocycles. The lowest BCUT2D eigenvalue weighted by Gasteiger charge is -2.37. The van der Waals surface area contributed by atoms with E-state index in [4.69, 9.17) is 10.5 Å². The van der Waals surface area contributed by atoms with Crippen LogP contribution in [0.4, 0.5) is 0 Å². The number of hydrogen-bond acceptors (Lipinski definition) is 4. The number of carbonyl (C=O) groups is 1. The van der Waals surface area contributed by atoms with Crippen LogP contribution in [0.3, 0.4) is 0 Å². The van der Waals surface area contributed by atoms with Gasteiger partial charge >= 0.3 is 0 Å². The van der Waals surface area contributed by atoms with Crippen molar-refractivity contribution in [2.45, 2.75) is 44.9 Å². The predicted octanol–water partition coefficient (Wildman–Crippen LogP) is 2.59. The minimum absolute atomic E-state index is 0. The number of nitrogens with zero attached hydrogens (tertiary/aromatic N) is 1. The highest BCUT2D eigenvalue weighted by atomic mass is 35.5. The highest BCUT2D eigenvalue weighted by Crippen LogP contribution is 2.27. The van der Waals surface area contributed by atoms with E-state index < -0.39 is 0 Å². The zero-order valence-electron chi connectivity index (χ0n) is 12.0. The zero-order chi connectivity index (χ0) is 13.8. The van der Waals surface area contributed by atoms with Crippen LogP contribution in [0.5, 0.6) is 0 Å². The van der Waals surface area contributed by atoms with Gasteiger partial charge in [-0.3, -0.25) is 4.79 Å². The minimum Gasteiger partial charge on any atom is -0.367 e. The van der Waals surface area contributed by atoms with Crippen molar-refractivity contribution in [1.82, 2.24) is 4.90 Å². The summed E-state index contributed by atoms with van der Waals surface area (Å²) < 4.78 is 5.92. The average Bonchev–Trinajstić information content (AvgIpc) is 2.91. The highest BCUT2D eigenvalue weighted by molar-refractivity contribution is 7.07. The molecule has 1 saturated heterocycles. The molecule has 1 aromatic rings. The van der Waals surface area contributed by atoms with Gasteiger partial charge in [0, 0.05) is 6.54 Å². The lowest BCUT2D eigenvalue weighted by Crippen LogP contribution is -2.51. The van der Waals surface area contributed by atoms with Crippen LogP contribution in [0, 0.1) is 0 Å². The summed E-state index contributed by atoms with van der Waals surface area (Å²) in [6, 6.07) is 1.68. The summed E-state index contributed by atoms with van der Waals surface area (Å²) in [6.45, 7) is 5.29. The molecule has 3 unspecified atom stereocenters. The third-order valence-corrected chi connectivity index (χ3v) is 4.11. The van der Waals surface area contributed by atoms with Gasteiger partial charge in [-0.2, -0.15) is 11.3 Å². The molecule has 2 heterocycles. The largest absolute Gasteiger partial charge is 0.367 e. The van der Waals surface area contributed by atoms with E-state index in [1.54, 1.807) is 11.3 Å². The second-order valence-electron chi connectivity index (χ2n) is 5.13. The van der Waals surface area contributed by atoms with Crippen LogP contribution in [0.1, 0.15) is 38.4 Å². The molecular formula is C14H23ClN2O2S. The predicted molar refractivity (Wildman–Crippen MR) is 84.3 cm³/mol. The fraction of sp³-hybridized carbons (Fsp3) is 0.643. The summed E-state index contributed by atoms with van der Waals surface area (Å²) in [5.74, 6) is 0.0530. The van der Waals surface area contributed by atoms with Crippen molar-refractivity contribution in [3.63, 3.8) is 0 Å². The van der Waals surface area contributed by atoms with Crippen molar-refractivity contribution in [3.8, 4) is 0 Å². The first-order chi connectivity index (χ1) is 9.11. The Morgan fingerprint density at radius 1 is 1.60 bits per heavy atom. The van der Waals surface area contributed by atoms with E-state index >= 15 is 0 Å². The van der Waals surface area contributed by atoms with Gasteiger partial charge in [-0.1, -0.05) is 13.3 Å². The first kappa shape index (κ1) is 17.4. The molecule has 2 rings (SSSR count). The van der Waals surface area contributed by atoms with Crippen molar-refractivity contribution in [1.29, 1.82) is 0 Å². The van der Waals surface area contributed by atoms with E-state index in [1.807, 2.05) is 24.1 Å². The molecule has 1 aliphatic rings. The zero-order valence-corrected chi connectivity index (χ0v) is 13.6. The number of thiophene rings is 1. The molecule has 4 nitrogen and oxygen atoms in total. The van der Waals surface area contributed by atoms with E-state index in [1.165, 1.54) is 0 Å². The molecule has 1 aromatic heterocycles. The Balaban J connectivity index is 0.00000200. The van der Waals surface area contributed by atoms with Crippen molar-refractivity contribution in [3.05, 3.63) is 22.4 Å². The second kappa shape index (κ2) is 7.98. The maximum atomic E-state index is 12.3. The number of nitrogens with two attached hydrogens (primary N) is 1. The molecule has 0 bridgehead atoms. The smallest absolute Gasteiger partial charge is 0.239 e. The topological polar surface area (TPSA) is 55.6 Å². The summed E-state index contributed by atoms with van der Waals surface area (Å²) >= 11 is 1.65. The first-order valence-electron chi connectivity index (χ1n) is 6.83. The Morgan fingerprint density at radius 3 is 2.95 bits per heavy atom. The molecule has 0 saturated carbocycles. The summed E-state index contributed by atoms with van der Waals surface area (Å²) in [4.78, 5) is 14.2. The summed E-state index contributed by atoms with van der Waals surface area (Å²) in [7, 11) is 0. The van der Waals surface area contributed by atoms with Crippen LogP contribution in [0.2, 0.25) is 0 Å².